The molecule has 0 amide bonds. The zero-order valence-corrected chi connectivity index (χ0v) is 14.7. The van der Waals surface area contributed by atoms with Gasteiger partial charge in [0.05, 0.1) is 10.4 Å². The molecule has 25 heavy (non-hydrogen) atoms. The van der Waals surface area contributed by atoms with Crippen LogP contribution in [0.5, 0.6) is 5.75 Å². The normalized spacial score (nSPS) is 17.7. The molecule has 1 N–H and O–H groups in total. The first-order valence-electron chi connectivity index (χ1n) is 7.79. The van der Waals surface area contributed by atoms with E-state index in [9.17, 15) is 18.0 Å². The minimum absolute atomic E-state index is 0.0150. The van der Waals surface area contributed by atoms with Gasteiger partial charge in [-0.1, -0.05) is 6.92 Å². The molecule has 3 rings (SSSR count). The van der Waals surface area contributed by atoms with Crippen LogP contribution in [-0.4, -0.2) is 41.4 Å². The first-order valence-corrected chi connectivity index (χ1v) is 8.61. The topological polar surface area (TPSA) is 53.4 Å². The van der Waals surface area contributed by atoms with E-state index in [-0.39, 0.29) is 15.4 Å². The number of nitrogens with zero attached hydrogens (tertiary/aromatic N) is 2. The molecule has 4 nitrogen and oxygen atoms in total. The predicted octanol–water partition coefficient (Wildman–Crippen LogP) is 4.09. The zero-order chi connectivity index (χ0) is 18.6. The number of phenolic OH excluding ortho intramolecular Hbond substituents is 1. The van der Waals surface area contributed by atoms with E-state index in [1.54, 1.807) is 0 Å². The number of benzene rings is 1. The molecule has 0 saturated carbocycles. The molecule has 0 bridgehead atoms. The van der Waals surface area contributed by atoms with Crippen molar-refractivity contribution >= 4 is 17.6 Å². The Kier molecular flexibility index (Phi) is 6.55. The molecular formula is C17H19F3N2O2S. The molecule has 1 aromatic heterocycles. The summed E-state index contributed by atoms with van der Waals surface area (Å²) in [6, 6.07) is 0.581. The van der Waals surface area contributed by atoms with E-state index in [2.05, 4.69) is 23.9 Å². The Hall–Kier alpha value is -1.93. The van der Waals surface area contributed by atoms with Gasteiger partial charge in [-0.3, -0.25) is 4.79 Å². The van der Waals surface area contributed by atoms with Crippen molar-refractivity contribution < 1.29 is 23.1 Å². The number of hydrogen-bond acceptors (Lipinski definition) is 5. The highest BCUT2D eigenvalue weighted by Crippen LogP contribution is 2.34. The lowest BCUT2D eigenvalue weighted by Crippen LogP contribution is -2.30. The van der Waals surface area contributed by atoms with Crippen molar-refractivity contribution in [3.63, 3.8) is 0 Å². The average molecular weight is 372 g/mol. The van der Waals surface area contributed by atoms with Gasteiger partial charge in [0, 0.05) is 12.7 Å². The summed E-state index contributed by atoms with van der Waals surface area (Å²) < 4.78 is 39.3. The molecule has 1 saturated heterocycles. The fourth-order valence-electron chi connectivity index (χ4n) is 2.64. The van der Waals surface area contributed by atoms with Crippen LogP contribution in [-0.2, 0) is 0 Å². The first-order chi connectivity index (χ1) is 11.8. The van der Waals surface area contributed by atoms with Crippen molar-refractivity contribution in [1.29, 1.82) is 0 Å². The number of likely N-dealkylation sites (tertiary alicyclic amines) is 1. The molecule has 1 aliphatic heterocycles. The fourth-order valence-corrected chi connectivity index (χ4v) is 3.38. The third-order valence-corrected chi connectivity index (χ3v) is 4.82. The molecule has 1 aromatic carbocycles. The second-order valence-corrected chi connectivity index (χ2v) is 7.14. The van der Waals surface area contributed by atoms with Crippen molar-refractivity contribution in [1.82, 2.24) is 9.88 Å². The van der Waals surface area contributed by atoms with Gasteiger partial charge in [0.15, 0.2) is 23.7 Å². The largest absolute Gasteiger partial charge is 0.503 e. The smallest absolute Gasteiger partial charge is 0.203 e. The highest BCUT2D eigenvalue weighted by molar-refractivity contribution is 7.16. The number of piperidine rings is 1. The van der Waals surface area contributed by atoms with Gasteiger partial charge in [-0.05, 0) is 38.4 Å². The molecule has 1 fully saturated rings. The summed E-state index contributed by atoms with van der Waals surface area (Å²) in [5, 5.41) is 9.00. The number of phenols is 1. The summed E-state index contributed by atoms with van der Waals surface area (Å²) in [5.74, 6) is -4.81. The number of aromatic hydroxyl groups is 1. The Morgan fingerprint density at radius 3 is 2.60 bits per heavy atom. The van der Waals surface area contributed by atoms with E-state index in [4.69, 9.17) is 5.11 Å². The Labute approximate surface area is 147 Å². The highest BCUT2D eigenvalue weighted by atomic mass is 32.1. The minimum Gasteiger partial charge on any atom is -0.503 e. The number of carbonyl (C=O) groups is 1. The van der Waals surface area contributed by atoms with Crippen LogP contribution in [0, 0.1) is 23.4 Å². The van der Waals surface area contributed by atoms with Crippen LogP contribution in [0.15, 0.2) is 12.3 Å². The van der Waals surface area contributed by atoms with Crippen molar-refractivity contribution in [3.8, 4) is 16.3 Å². The number of halogens is 3. The number of rotatable bonds is 2. The van der Waals surface area contributed by atoms with Crippen molar-refractivity contribution in [3.05, 3.63) is 34.6 Å². The average Bonchev–Trinajstić information content (AvgIpc) is 3.05. The van der Waals surface area contributed by atoms with Gasteiger partial charge in [-0.15, -0.1) is 11.3 Å². The van der Waals surface area contributed by atoms with E-state index in [0.717, 1.165) is 17.3 Å². The van der Waals surface area contributed by atoms with Crippen molar-refractivity contribution in [2.75, 3.05) is 20.1 Å². The van der Waals surface area contributed by atoms with Gasteiger partial charge in [0.2, 0.25) is 5.82 Å². The number of aldehydes is 1. The third kappa shape index (κ3) is 4.79. The summed E-state index contributed by atoms with van der Waals surface area (Å²) >= 11 is 0.804. The minimum atomic E-state index is -1.65. The number of thiazole rings is 1. The van der Waals surface area contributed by atoms with Gasteiger partial charge >= 0.3 is 0 Å². The van der Waals surface area contributed by atoms with Crippen LogP contribution < -0.4 is 0 Å². The summed E-state index contributed by atoms with van der Waals surface area (Å²) in [5.41, 5.74) is -0.389. The van der Waals surface area contributed by atoms with Crippen LogP contribution in [0.4, 0.5) is 13.2 Å². The molecule has 2 aromatic rings. The molecule has 0 spiro atoms. The van der Waals surface area contributed by atoms with E-state index in [0.29, 0.717) is 12.4 Å². The Balaban J connectivity index is 0.000000236. The Morgan fingerprint density at radius 1 is 1.36 bits per heavy atom. The van der Waals surface area contributed by atoms with E-state index < -0.39 is 23.2 Å². The number of aromatic nitrogens is 1. The quantitative estimate of drug-likeness (QED) is 0.637. The standard InChI is InChI=1S/C10H4F3NO2S.C7H15N/c11-6-1-5(7(12)9(16)8(6)13)10-14-2-4(3-15)17-10;1-7-4-3-5-8(2)6-7/h1-3,16H;7H,3-6H2,1-2H3. The van der Waals surface area contributed by atoms with E-state index in [1.807, 2.05) is 0 Å². The van der Waals surface area contributed by atoms with Crippen LogP contribution in [0.3, 0.4) is 0 Å². The maximum atomic E-state index is 13.5. The maximum absolute atomic E-state index is 13.5. The van der Waals surface area contributed by atoms with Crippen LogP contribution in [0.1, 0.15) is 29.4 Å². The molecular weight excluding hydrogens is 353 g/mol. The molecule has 136 valence electrons. The summed E-state index contributed by atoms with van der Waals surface area (Å²) in [7, 11) is 2.20. The lowest BCUT2D eigenvalue weighted by Gasteiger charge is -2.26. The second-order valence-electron chi connectivity index (χ2n) is 6.08. The molecule has 2 heterocycles. The Bertz CT molecular complexity index is 744. The summed E-state index contributed by atoms with van der Waals surface area (Å²) in [6.45, 7) is 4.94. The second kappa shape index (κ2) is 8.44. The fraction of sp³-hybridized carbons (Fsp3) is 0.412. The first kappa shape index (κ1) is 19.4. The van der Waals surface area contributed by atoms with Gasteiger partial charge in [-0.25, -0.2) is 13.8 Å². The van der Waals surface area contributed by atoms with Gasteiger partial charge in [0.1, 0.15) is 5.01 Å². The SMILES string of the molecule is CC1CCCN(C)C1.O=Cc1cnc(-c2cc(F)c(F)c(O)c2F)s1. The molecule has 1 atom stereocenters. The Morgan fingerprint density at radius 2 is 2.08 bits per heavy atom. The third-order valence-electron chi connectivity index (χ3n) is 3.86. The van der Waals surface area contributed by atoms with Gasteiger partial charge in [-0.2, -0.15) is 4.39 Å². The van der Waals surface area contributed by atoms with Gasteiger partial charge in [0.25, 0.3) is 0 Å². The molecule has 8 heteroatoms. The lowest BCUT2D eigenvalue weighted by molar-refractivity contribution is 0.112. The zero-order valence-electron chi connectivity index (χ0n) is 13.9. The van der Waals surface area contributed by atoms with E-state index >= 15 is 0 Å². The van der Waals surface area contributed by atoms with Crippen LogP contribution >= 0.6 is 11.3 Å². The lowest BCUT2D eigenvalue weighted by atomic mass is 10.0. The summed E-state index contributed by atoms with van der Waals surface area (Å²) in [4.78, 5) is 16.7. The molecule has 1 aliphatic rings. The highest BCUT2D eigenvalue weighted by Gasteiger charge is 2.20. The monoisotopic (exact) mass is 372 g/mol. The number of hydrogen-bond donors (Lipinski definition) is 1. The van der Waals surface area contributed by atoms with Crippen molar-refractivity contribution in [2.24, 2.45) is 5.92 Å². The predicted molar refractivity (Wildman–Crippen MR) is 90.4 cm³/mol. The van der Waals surface area contributed by atoms with Gasteiger partial charge < -0.3 is 10.0 Å². The van der Waals surface area contributed by atoms with Crippen molar-refractivity contribution in [2.45, 2.75) is 19.8 Å². The molecule has 0 aliphatic carbocycles. The van der Waals surface area contributed by atoms with Crippen LogP contribution in [0.2, 0.25) is 0 Å². The number of carbonyl (C=O) groups excluding carboxylic acids is 1. The maximum Gasteiger partial charge on any atom is 0.203 e. The van der Waals surface area contributed by atoms with Crippen LogP contribution in [0.25, 0.3) is 10.6 Å². The summed E-state index contributed by atoms with van der Waals surface area (Å²) in [6.07, 6.45) is 4.51. The molecule has 1 unspecified atom stereocenters. The van der Waals surface area contributed by atoms with E-state index in [1.165, 1.54) is 32.1 Å². The molecule has 0 radical (unpaired) electrons.